The van der Waals surface area contributed by atoms with Gasteiger partial charge >= 0.3 is 0 Å². The van der Waals surface area contributed by atoms with Gasteiger partial charge in [0.1, 0.15) is 11.5 Å². The number of nitrogens with zero attached hydrogens (tertiary/aromatic N) is 1. The topological polar surface area (TPSA) is 22.8 Å². The van der Waals surface area contributed by atoms with E-state index in [1.165, 1.54) is 0 Å². The highest BCUT2D eigenvalue weighted by Crippen LogP contribution is 2.16. The van der Waals surface area contributed by atoms with Gasteiger partial charge in [0.15, 0.2) is 6.61 Å². The first kappa shape index (κ1) is 9.40. The van der Waals surface area contributed by atoms with Crippen molar-refractivity contribution in [3.05, 3.63) is 35.7 Å². The lowest BCUT2D eigenvalue weighted by Crippen LogP contribution is -1.99. The molecule has 1 aromatic rings. The van der Waals surface area contributed by atoms with Crippen molar-refractivity contribution in [1.82, 2.24) is 0 Å². The van der Waals surface area contributed by atoms with E-state index in [1.54, 1.807) is 7.11 Å². The first-order valence-electron chi connectivity index (χ1n) is 3.97. The highest BCUT2D eigenvalue weighted by molar-refractivity contribution is 5.31. The predicted molar refractivity (Wildman–Crippen MR) is 50.0 cm³/mol. The van der Waals surface area contributed by atoms with E-state index in [-0.39, 0.29) is 0 Å². The van der Waals surface area contributed by atoms with Crippen LogP contribution < -0.4 is 9.47 Å². The zero-order valence-electron chi connectivity index (χ0n) is 7.49. The van der Waals surface area contributed by atoms with Crippen molar-refractivity contribution in [2.45, 2.75) is 0 Å². The second-order valence-electron chi connectivity index (χ2n) is 2.41. The molecule has 3 nitrogen and oxygen atoms in total. The molecule has 0 spiro atoms. The highest BCUT2D eigenvalue weighted by Gasteiger charge is 1.94. The molecule has 0 N–H and O–H groups in total. The Hall–Kier alpha value is -1.69. The highest BCUT2D eigenvalue weighted by atomic mass is 16.5. The fraction of sp³-hybridized carbons (Fsp3) is 0.300. The lowest BCUT2D eigenvalue weighted by atomic mass is 10.3. The molecule has 0 amide bonds. The molecule has 3 heteroatoms. The minimum atomic E-state index is 0.395. The monoisotopic (exact) mass is 177 g/mol. The van der Waals surface area contributed by atoms with Crippen molar-refractivity contribution in [1.29, 1.82) is 0 Å². The number of rotatable bonds is 4. The minimum Gasteiger partial charge on any atom is -0.497 e. The number of methoxy groups -OCH3 is 1. The van der Waals surface area contributed by atoms with Gasteiger partial charge in [-0.1, -0.05) is 0 Å². The van der Waals surface area contributed by atoms with Gasteiger partial charge in [-0.25, -0.2) is 6.57 Å². The van der Waals surface area contributed by atoms with Crippen LogP contribution in [0.15, 0.2) is 24.3 Å². The van der Waals surface area contributed by atoms with Gasteiger partial charge in [0, 0.05) is 0 Å². The Kier molecular flexibility index (Phi) is 3.65. The van der Waals surface area contributed by atoms with Gasteiger partial charge in [0.25, 0.3) is 0 Å². The molecular formula is C10H11NO2. The molecule has 0 bridgehead atoms. The average Bonchev–Trinajstić information content (AvgIpc) is 2.19. The van der Waals surface area contributed by atoms with Crippen molar-refractivity contribution in [3.63, 3.8) is 0 Å². The predicted octanol–water partition coefficient (Wildman–Crippen LogP) is 1.99. The average molecular weight is 177 g/mol. The van der Waals surface area contributed by atoms with Crippen LogP contribution in [0.5, 0.6) is 11.5 Å². The first-order valence-corrected chi connectivity index (χ1v) is 3.97. The zero-order chi connectivity index (χ0) is 9.52. The van der Waals surface area contributed by atoms with Crippen LogP contribution in [-0.4, -0.2) is 20.3 Å². The fourth-order valence-corrected chi connectivity index (χ4v) is 0.881. The lowest BCUT2D eigenvalue weighted by molar-refractivity contribution is 0.335. The normalized spacial score (nSPS) is 8.92. The van der Waals surface area contributed by atoms with Crippen LogP contribution in [0.25, 0.3) is 4.85 Å². The summed E-state index contributed by atoms with van der Waals surface area (Å²) in [5.41, 5.74) is 0. The maximum Gasteiger partial charge on any atom is 0.248 e. The molecular weight excluding hydrogens is 166 g/mol. The van der Waals surface area contributed by atoms with E-state index in [9.17, 15) is 0 Å². The third kappa shape index (κ3) is 3.04. The molecule has 1 rings (SSSR count). The van der Waals surface area contributed by atoms with Gasteiger partial charge in [-0.05, 0) is 24.3 Å². The fourth-order valence-electron chi connectivity index (χ4n) is 0.881. The molecule has 0 aromatic heterocycles. The van der Waals surface area contributed by atoms with Crippen molar-refractivity contribution >= 4 is 0 Å². The second kappa shape index (κ2) is 5.04. The quantitative estimate of drug-likeness (QED) is 0.518. The van der Waals surface area contributed by atoms with Crippen LogP contribution in [0, 0.1) is 6.57 Å². The molecule has 0 heterocycles. The molecule has 0 saturated heterocycles. The summed E-state index contributed by atoms with van der Waals surface area (Å²) >= 11 is 0. The summed E-state index contributed by atoms with van der Waals surface area (Å²) in [5, 5.41) is 0. The Labute approximate surface area is 77.7 Å². The van der Waals surface area contributed by atoms with E-state index >= 15 is 0 Å². The molecule has 13 heavy (non-hydrogen) atoms. The van der Waals surface area contributed by atoms with Gasteiger partial charge in [-0.3, -0.25) is 0 Å². The molecule has 0 radical (unpaired) electrons. The van der Waals surface area contributed by atoms with Crippen LogP contribution in [0.3, 0.4) is 0 Å². The molecule has 0 aliphatic rings. The Bertz CT molecular complexity index is 287. The van der Waals surface area contributed by atoms with Gasteiger partial charge in [-0.15, -0.1) is 0 Å². The van der Waals surface area contributed by atoms with Crippen molar-refractivity contribution < 1.29 is 9.47 Å². The molecule has 0 aliphatic heterocycles. The van der Waals surface area contributed by atoms with Gasteiger partial charge < -0.3 is 14.3 Å². The van der Waals surface area contributed by atoms with E-state index in [1.807, 2.05) is 24.3 Å². The van der Waals surface area contributed by atoms with Crippen LogP contribution >= 0.6 is 0 Å². The third-order valence-corrected chi connectivity index (χ3v) is 1.53. The number of ether oxygens (including phenoxy) is 2. The summed E-state index contributed by atoms with van der Waals surface area (Å²) in [6.07, 6.45) is 0. The molecule has 1 aromatic carbocycles. The van der Waals surface area contributed by atoms with Crippen molar-refractivity contribution in [3.8, 4) is 11.5 Å². The van der Waals surface area contributed by atoms with Crippen LogP contribution in [0.4, 0.5) is 0 Å². The molecule has 0 fully saturated rings. The van der Waals surface area contributed by atoms with E-state index in [2.05, 4.69) is 4.85 Å². The summed E-state index contributed by atoms with van der Waals surface area (Å²) in [7, 11) is 1.62. The molecule has 68 valence electrons. The van der Waals surface area contributed by atoms with E-state index in [0.29, 0.717) is 13.2 Å². The van der Waals surface area contributed by atoms with E-state index < -0.39 is 0 Å². The van der Waals surface area contributed by atoms with Crippen LogP contribution in [-0.2, 0) is 0 Å². The summed E-state index contributed by atoms with van der Waals surface area (Å²) in [4.78, 5) is 3.18. The number of hydrogen-bond acceptors (Lipinski definition) is 2. The molecule has 0 unspecified atom stereocenters. The summed E-state index contributed by atoms with van der Waals surface area (Å²) < 4.78 is 10.3. The van der Waals surface area contributed by atoms with Crippen LogP contribution in [0.1, 0.15) is 0 Å². The molecule has 0 aliphatic carbocycles. The smallest absolute Gasteiger partial charge is 0.248 e. The SMILES string of the molecule is [C-]#[N+]CCOc1ccc(OC)cc1. The maximum absolute atomic E-state index is 6.56. The number of benzene rings is 1. The second-order valence-corrected chi connectivity index (χ2v) is 2.41. The van der Waals surface area contributed by atoms with Gasteiger partial charge in [0.05, 0.1) is 7.11 Å². The minimum absolute atomic E-state index is 0.395. The molecule has 0 atom stereocenters. The van der Waals surface area contributed by atoms with Crippen molar-refractivity contribution in [2.75, 3.05) is 20.3 Å². The van der Waals surface area contributed by atoms with E-state index in [0.717, 1.165) is 11.5 Å². The standard InChI is InChI=1S/C10H11NO2/c1-11-7-8-13-10-5-3-9(12-2)4-6-10/h3-6H,7-8H2,2H3. The first-order chi connectivity index (χ1) is 6.36. The van der Waals surface area contributed by atoms with Gasteiger partial charge in [0.2, 0.25) is 6.54 Å². The summed E-state index contributed by atoms with van der Waals surface area (Å²) in [6, 6.07) is 7.30. The Balaban J connectivity index is 2.45. The zero-order valence-corrected chi connectivity index (χ0v) is 7.49. The largest absolute Gasteiger partial charge is 0.497 e. The third-order valence-electron chi connectivity index (χ3n) is 1.53. The molecule has 0 saturated carbocycles. The summed E-state index contributed by atoms with van der Waals surface area (Å²) in [5.74, 6) is 1.57. The lowest BCUT2D eigenvalue weighted by Gasteiger charge is -2.03. The summed E-state index contributed by atoms with van der Waals surface area (Å²) in [6.45, 7) is 7.39. The van der Waals surface area contributed by atoms with Gasteiger partial charge in [-0.2, -0.15) is 0 Å². The van der Waals surface area contributed by atoms with Crippen LogP contribution in [0.2, 0.25) is 0 Å². The Morgan fingerprint density at radius 2 is 1.85 bits per heavy atom. The Morgan fingerprint density at radius 3 is 2.38 bits per heavy atom. The number of hydrogen-bond donors (Lipinski definition) is 0. The van der Waals surface area contributed by atoms with Crippen molar-refractivity contribution in [2.24, 2.45) is 0 Å². The maximum atomic E-state index is 6.56. The Morgan fingerprint density at radius 1 is 1.23 bits per heavy atom. The van der Waals surface area contributed by atoms with E-state index in [4.69, 9.17) is 16.0 Å².